The van der Waals surface area contributed by atoms with E-state index in [9.17, 15) is 4.39 Å². The van der Waals surface area contributed by atoms with E-state index >= 15 is 0 Å². The van der Waals surface area contributed by atoms with E-state index in [1.165, 1.54) is 12.4 Å². The first kappa shape index (κ1) is 17.4. The van der Waals surface area contributed by atoms with E-state index in [1.807, 2.05) is 43.8 Å². The predicted molar refractivity (Wildman–Crippen MR) is 96.8 cm³/mol. The van der Waals surface area contributed by atoms with E-state index in [2.05, 4.69) is 9.97 Å². The molecule has 0 aliphatic carbocycles. The van der Waals surface area contributed by atoms with Gasteiger partial charge in [-0.2, -0.15) is 0 Å². The number of aromatic nitrogens is 3. The minimum absolute atomic E-state index is 0.108. The summed E-state index contributed by atoms with van der Waals surface area (Å²) in [4.78, 5) is 8.58. The Morgan fingerprint density at radius 3 is 2.76 bits per heavy atom. The first-order valence-electron chi connectivity index (χ1n) is 8.40. The number of halogens is 1. The average Bonchev–Trinajstić information content (AvgIpc) is 2.94. The molecule has 3 rings (SSSR count). The van der Waals surface area contributed by atoms with Gasteiger partial charge in [-0.3, -0.25) is 0 Å². The number of ether oxygens (including phenoxy) is 1. The third kappa shape index (κ3) is 3.79. The van der Waals surface area contributed by atoms with Crippen molar-refractivity contribution in [1.82, 2.24) is 14.5 Å². The fourth-order valence-electron chi connectivity index (χ4n) is 3.01. The van der Waals surface area contributed by atoms with Gasteiger partial charge >= 0.3 is 0 Å². The highest BCUT2D eigenvalue weighted by molar-refractivity contribution is 5.90. The molecule has 2 atom stereocenters. The molecule has 0 saturated heterocycles. The van der Waals surface area contributed by atoms with E-state index < -0.39 is 5.82 Å². The SMILES string of the molecule is CC(N)CC(C)COc1ccc(-c2ncnc3c2ccn3C)cc1F. The third-order valence-electron chi connectivity index (χ3n) is 4.16. The summed E-state index contributed by atoms with van der Waals surface area (Å²) in [7, 11) is 1.92. The van der Waals surface area contributed by atoms with Crippen LogP contribution >= 0.6 is 0 Å². The summed E-state index contributed by atoms with van der Waals surface area (Å²) in [6.45, 7) is 4.44. The Labute approximate surface area is 146 Å². The molecule has 0 fully saturated rings. The maximum Gasteiger partial charge on any atom is 0.165 e. The second kappa shape index (κ2) is 7.19. The number of hydrogen-bond acceptors (Lipinski definition) is 4. The topological polar surface area (TPSA) is 66.0 Å². The molecule has 0 saturated carbocycles. The fraction of sp³-hybridized carbons (Fsp3) is 0.368. The highest BCUT2D eigenvalue weighted by atomic mass is 19.1. The van der Waals surface area contributed by atoms with Crippen LogP contribution in [0.5, 0.6) is 5.75 Å². The number of aryl methyl sites for hydroxylation is 1. The molecule has 2 unspecified atom stereocenters. The Morgan fingerprint density at radius 1 is 1.24 bits per heavy atom. The minimum Gasteiger partial charge on any atom is -0.490 e. The maximum absolute atomic E-state index is 14.5. The van der Waals surface area contributed by atoms with Crippen LogP contribution in [0.25, 0.3) is 22.3 Å². The van der Waals surface area contributed by atoms with Gasteiger partial charge in [-0.15, -0.1) is 0 Å². The van der Waals surface area contributed by atoms with Gasteiger partial charge in [0.1, 0.15) is 12.0 Å². The molecular formula is C19H23FN4O. The summed E-state index contributed by atoms with van der Waals surface area (Å²) < 4.78 is 22.0. The molecule has 0 bridgehead atoms. The van der Waals surface area contributed by atoms with Crippen molar-refractivity contribution in [2.75, 3.05) is 6.61 Å². The molecule has 3 aromatic rings. The molecule has 0 aliphatic heterocycles. The molecule has 132 valence electrons. The molecule has 0 radical (unpaired) electrons. The number of hydrogen-bond donors (Lipinski definition) is 1. The molecule has 1 aromatic carbocycles. The number of rotatable bonds is 6. The molecule has 2 aromatic heterocycles. The Balaban J connectivity index is 1.82. The zero-order valence-electron chi connectivity index (χ0n) is 14.7. The van der Waals surface area contributed by atoms with Crippen LogP contribution in [0.2, 0.25) is 0 Å². The number of nitrogens with two attached hydrogens (primary N) is 1. The predicted octanol–water partition coefficient (Wildman–Crippen LogP) is 3.53. The molecule has 6 heteroatoms. The van der Waals surface area contributed by atoms with Crippen molar-refractivity contribution in [3.05, 3.63) is 42.6 Å². The zero-order chi connectivity index (χ0) is 18.0. The molecule has 2 N–H and O–H groups in total. The summed E-state index contributed by atoms with van der Waals surface area (Å²) in [5.74, 6) is 0.122. The van der Waals surface area contributed by atoms with Crippen molar-refractivity contribution in [3.8, 4) is 17.0 Å². The largest absolute Gasteiger partial charge is 0.490 e. The van der Waals surface area contributed by atoms with Crippen LogP contribution in [0.4, 0.5) is 4.39 Å². The van der Waals surface area contributed by atoms with Crippen molar-refractivity contribution < 1.29 is 9.13 Å². The lowest BCUT2D eigenvalue weighted by Gasteiger charge is -2.15. The number of nitrogens with zero attached hydrogens (tertiary/aromatic N) is 3. The van der Waals surface area contributed by atoms with Crippen LogP contribution in [0.3, 0.4) is 0 Å². The van der Waals surface area contributed by atoms with Gasteiger partial charge in [-0.25, -0.2) is 14.4 Å². The van der Waals surface area contributed by atoms with E-state index in [-0.39, 0.29) is 17.7 Å². The molecule has 25 heavy (non-hydrogen) atoms. The van der Waals surface area contributed by atoms with Crippen molar-refractivity contribution in [1.29, 1.82) is 0 Å². The summed E-state index contributed by atoms with van der Waals surface area (Å²) in [6, 6.07) is 6.98. The Hall–Kier alpha value is -2.47. The van der Waals surface area contributed by atoms with Crippen LogP contribution in [-0.2, 0) is 7.05 Å². The summed E-state index contributed by atoms with van der Waals surface area (Å²) in [6.07, 6.45) is 4.25. The fourth-order valence-corrected chi connectivity index (χ4v) is 3.01. The van der Waals surface area contributed by atoms with E-state index in [4.69, 9.17) is 10.5 Å². The standard InChI is InChI=1S/C19H23FN4O/c1-12(8-13(2)21)10-25-17-5-4-14(9-16(17)20)18-15-6-7-24(3)19(15)23-11-22-18/h4-7,9,11-13H,8,10,21H2,1-3H3. The van der Waals surface area contributed by atoms with Crippen LogP contribution in [-0.4, -0.2) is 27.2 Å². The number of fused-ring (bicyclic) bond motifs is 1. The van der Waals surface area contributed by atoms with Crippen LogP contribution < -0.4 is 10.5 Å². The third-order valence-corrected chi connectivity index (χ3v) is 4.16. The second-order valence-corrected chi connectivity index (χ2v) is 6.66. The highest BCUT2D eigenvalue weighted by Gasteiger charge is 2.13. The van der Waals surface area contributed by atoms with Gasteiger partial charge in [0.25, 0.3) is 0 Å². The van der Waals surface area contributed by atoms with Crippen LogP contribution in [0.1, 0.15) is 20.3 Å². The van der Waals surface area contributed by atoms with Gasteiger partial charge in [0, 0.05) is 30.2 Å². The van der Waals surface area contributed by atoms with Gasteiger partial charge in [-0.05, 0) is 43.5 Å². The van der Waals surface area contributed by atoms with E-state index in [1.54, 1.807) is 6.07 Å². The van der Waals surface area contributed by atoms with Gasteiger partial charge in [0.2, 0.25) is 0 Å². The van der Waals surface area contributed by atoms with Gasteiger partial charge < -0.3 is 15.0 Å². The summed E-state index contributed by atoms with van der Waals surface area (Å²) >= 11 is 0. The molecule has 5 nitrogen and oxygen atoms in total. The quantitative estimate of drug-likeness (QED) is 0.744. The summed E-state index contributed by atoms with van der Waals surface area (Å²) in [5, 5.41) is 0.892. The van der Waals surface area contributed by atoms with E-state index in [0.717, 1.165) is 17.5 Å². The smallest absolute Gasteiger partial charge is 0.165 e. The molecule has 0 amide bonds. The Morgan fingerprint density at radius 2 is 2.04 bits per heavy atom. The zero-order valence-corrected chi connectivity index (χ0v) is 14.7. The monoisotopic (exact) mass is 342 g/mol. The lowest BCUT2D eigenvalue weighted by atomic mass is 10.0. The minimum atomic E-state index is -0.395. The van der Waals surface area contributed by atoms with Crippen molar-refractivity contribution in [2.24, 2.45) is 18.7 Å². The molecule has 0 aliphatic rings. The molecule has 0 spiro atoms. The maximum atomic E-state index is 14.5. The van der Waals surface area contributed by atoms with Crippen molar-refractivity contribution in [2.45, 2.75) is 26.3 Å². The Kier molecular flexibility index (Phi) is 4.99. The van der Waals surface area contributed by atoms with Gasteiger partial charge in [0.05, 0.1) is 12.3 Å². The summed E-state index contributed by atoms with van der Waals surface area (Å²) in [5.41, 5.74) is 8.01. The van der Waals surface area contributed by atoms with E-state index in [0.29, 0.717) is 17.9 Å². The first-order chi connectivity index (χ1) is 12.0. The van der Waals surface area contributed by atoms with Crippen molar-refractivity contribution in [3.63, 3.8) is 0 Å². The molecule has 2 heterocycles. The molecular weight excluding hydrogens is 319 g/mol. The average molecular weight is 342 g/mol. The van der Waals surface area contributed by atoms with Crippen LogP contribution in [0, 0.1) is 11.7 Å². The Bertz CT molecular complexity index is 875. The van der Waals surface area contributed by atoms with Crippen LogP contribution in [0.15, 0.2) is 36.8 Å². The highest BCUT2D eigenvalue weighted by Crippen LogP contribution is 2.29. The first-order valence-corrected chi connectivity index (χ1v) is 8.40. The lowest BCUT2D eigenvalue weighted by Crippen LogP contribution is -2.21. The normalized spacial score (nSPS) is 13.8. The number of benzene rings is 1. The van der Waals surface area contributed by atoms with Gasteiger partial charge in [0.15, 0.2) is 11.6 Å². The lowest BCUT2D eigenvalue weighted by molar-refractivity contribution is 0.237. The second-order valence-electron chi connectivity index (χ2n) is 6.66. The van der Waals surface area contributed by atoms with Gasteiger partial charge in [-0.1, -0.05) is 6.92 Å². The van der Waals surface area contributed by atoms with Crippen molar-refractivity contribution >= 4 is 11.0 Å².